The molecule has 3 N–H and O–H groups in total. The van der Waals surface area contributed by atoms with E-state index >= 15 is 0 Å². The highest BCUT2D eigenvalue weighted by Gasteiger charge is 2.22. The Hall–Kier alpha value is -3.88. The zero-order valence-corrected chi connectivity index (χ0v) is 21.0. The first-order valence-corrected chi connectivity index (χ1v) is 12.3. The lowest BCUT2D eigenvalue weighted by molar-refractivity contribution is -0.119. The minimum Gasteiger partial charge on any atom is -0.496 e. The topological polar surface area (TPSA) is 120 Å². The maximum atomic E-state index is 13.0. The molecule has 1 heterocycles. The molecule has 9 heteroatoms. The van der Waals surface area contributed by atoms with Gasteiger partial charge in [-0.1, -0.05) is 12.8 Å². The zero-order chi connectivity index (χ0) is 25.8. The maximum Gasteiger partial charge on any atom is 0.257 e. The number of aromatic nitrogens is 2. The molecular formula is C27H33N5O4. The highest BCUT2D eigenvalue weighted by atomic mass is 16.5. The number of methoxy groups -OCH3 is 1. The van der Waals surface area contributed by atoms with E-state index in [0.29, 0.717) is 35.1 Å². The number of hydrogen-bond acceptors (Lipinski definition) is 5. The molecule has 0 aliphatic heterocycles. The van der Waals surface area contributed by atoms with Crippen LogP contribution in [0.25, 0.3) is 11.0 Å². The van der Waals surface area contributed by atoms with E-state index in [1.165, 1.54) is 12.8 Å². The van der Waals surface area contributed by atoms with Gasteiger partial charge in [-0.05, 0) is 67.6 Å². The summed E-state index contributed by atoms with van der Waals surface area (Å²) in [5.74, 6) is 0.758. The first kappa shape index (κ1) is 25.2. The van der Waals surface area contributed by atoms with Crippen LogP contribution in [0, 0.1) is 12.8 Å². The average Bonchev–Trinajstić information content (AvgIpc) is 3.48. The SMILES string of the molecule is COc1ccc(C(=O)Nc2nc3cc(N(C)C(=O)CC4CCCC4)ccc3n2CCC(N)=O)cc1C. The van der Waals surface area contributed by atoms with E-state index < -0.39 is 5.91 Å². The molecule has 0 unspecified atom stereocenters. The summed E-state index contributed by atoms with van der Waals surface area (Å²) in [5, 5.41) is 2.86. The Labute approximate surface area is 210 Å². The first-order valence-electron chi connectivity index (χ1n) is 12.3. The van der Waals surface area contributed by atoms with Crippen molar-refractivity contribution in [3.8, 4) is 5.75 Å². The van der Waals surface area contributed by atoms with Crippen molar-refractivity contribution in [3.63, 3.8) is 0 Å². The predicted octanol–water partition coefficient (Wildman–Crippen LogP) is 4.02. The molecule has 3 amide bonds. The Kier molecular flexibility index (Phi) is 7.57. The summed E-state index contributed by atoms with van der Waals surface area (Å²) >= 11 is 0. The van der Waals surface area contributed by atoms with Crippen LogP contribution in [0.1, 0.15) is 54.4 Å². The number of amides is 3. The van der Waals surface area contributed by atoms with Gasteiger partial charge in [0.2, 0.25) is 17.8 Å². The fourth-order valence-electron chi connectivity index (χ4n) is 4.81. The molecule has 1 aliphatic rings. The third kappa shape index (κ3) is 5.50. The maximum absolute atomic E-state index is 13.0. The second-order valence-electron chi connectivity index (χ2n) is 9.42. The van der Waals surface area contributed by atoms with Crippen molar-refractivity contribution in [2.45, 2.75) is 52.0 Å². The van der Waals surface area contributed by atoms with E-state index in [1.54, 1.807) is 41.8 Å². The van der Waals surface area contributed by atoms with Crippen molar-refractivity contribution in [3.05, 3.63) is 47.5 Å². The molecule has 2 aromatic carbocycles. The number of aryl methyl sites for hydroxylation is 2. The van der Waals surface area contributed by atoms with Crippen molar-refractivity contribution in [1.82, 2.24) is 9.55 Å². The third-order valence-corrected chi connectivity index (χ3v) is 6.90. The monoisotopic (exact) mass is 491 g/mol. The summed E-state index contributed by atoms with van der Waals surface area (Å²) in [6.45, 7) is 2.13. The zero-order valence-electron chi connectivity index (χ0n) is 21.0. The number of benzene rings is 2. The van der Waals surface area contributed by atoms with Crippen LogP contribution in [0.2, 0.25) is 0 Å². The molecule has 0 spiro atoms. The van der Waals surface area contributed by atoms with Crippen LogP contribution in [0.5, 0.6) is 5.75 Å². The van der Waals surface area contributed by atoms with E-state index in [1.807, 2.05) is 25.1 Å². The number of ether oxygens (including phenoxy) is 1. The normalized spacial score (nSPS) is 13.6. The molecular weight excluding hydrogens is 458 g/mol. The minimum absolute atomic E-state index is 0.0813. The van der Waals surface area contributed by atoms with E-state index in [-0.39, 0.29) is 24.8 Å². The van der Waals surface area contributed by atoms with E-state index in [2.05, 4.69) is 10.3 Å². The number of anilines is 2. The van der Waals surface area contributed by atoms with E-state index in [4.69, 9.17) is 10.5 Å². The molecule has 1 fully saturated rings. The quantitative estimate of drug-likeness (QED) is 0.468. The summed E-state index contributed by atoms with van der Waals surface area (Å²) in [6.07, 6.45) is 5.25. The number of carbonyl (C=O) groups is 3. The Bertz CT molecular complexity index is 1290. The predicted molar refractivity (Wildman–Crippen MR) is 139 cm³/mol. The molecule has 1 aromatic heterocycles. The lowest BCUT2D eigenvalue weighted by atomic mass is 10.0. The van der Waals surface area contributed by atoms with Gasteiger partial charge in [0, 0.05) is 37.7 Å². The fraction of sp³-hybridized carbons (Fsp3) is 0.407. The smallest absolute Gasteiger partial charge is 0.257 e. The Morgan fingerprint density at radius 1 is 1.17 bits per heavy atom. The van der Waals surface area contributed by atoms with Gasteiger partial charge in [-0.3, -0.25) is 19.7 Å². The van der Waals surface area contributed by atoms with Crippen LogP contribution in [0.4, 0.5) is 11.6 Å². The molecule has 4 rings (SSSR count). The van der Waals surface area contributed by atoms with E-state index in [9.17, 15) is 14.4 Å². The van der Waals surface area contributed by atoms with Gasteiger partial charge in [0.15, 0.2) is 0 Å². The standard InChI is InChI=1S/C27H33N5O4/c1-17-14-19(8-11-23(17)36-3)26(35)30-27-29-21-16-20(9-10-22(21)32(27)13-12-24(28)33)31(2)25(34)15-18-6-4-5-7-18/h8-11,14,16,18H,4-7,12-13,15H2,1-3H3,(H2,28,33)(H,29,30,35). The van der Waals surface area contributed by atoms with Gasteiger partial charge in [-0.25, -0.2) is 4.98 Å². The number of rotatable bonds is 9. The lowest BCUT2D eigenvalue weighted by Gasteiger charge is -2.19. The molecule has 0 radical (unpaired) electrons. The van der Waals surface area contributed by atoms with Crippen molar-refractivity contribution in [2.75, 3.05) is 24.4 Å². The fourth-order valence-corrected chi connectivity index (χ4v) is 4.81. The molecule has 190 valence electrons. The number of fused-ring (bicyclic) bond motifs is 1. The molecule has 3 aromatic rings. The van der Waals surface area contributed by atoms with Crippen molar-refractivity contribution in [1.29, 1.82) is 0 Å². The second kappa shape index (κ2) is 10.8. The Morgan fingerprint density at radius 2 is 1.92 bits per heavy atom. The lowest BCUT2D eigenvalue weighted by Crippen LogP contribution is -2.27. The molecule has 0 saturated heterocycles. The summed E-state index contributed by atoms with van der Waals surface area (Å²) in [4.78, 5) is 43.6. The molecule has 1 saturated carbocycles. The number of nitrogens with one attached hydrogen (secondary N) is 1. The van der Waals surface area contributed by atoms with Crippen molar-refractivity contribution >= 4 is 40.4 Å². The van der Waals surface area contributed by atoms with Crippen LogP contribution in [-0.2, 0) is 16.1 Å². The summed E-state index contributed by atoms with van der Waals surface area (Å²) in [6, 6.07) is 10.7. The van der Waals surface area contributed by atoms with Gasteiger partial charge in [0.1, 0.15) is 5.75 Å². The molecule has 9 nitrogen and oxygen atoms in total. The summed E-state index contributed by atoms with van der Waals surface area (Å²) in [5.41, 5.74) is 8.76. The molecule has 0 bridgehead atoms. The first-order chi connectivity index (χ1) is 17.3. The highest BCUT2D eigenvalue weighted by molar-refractivity contribution is 6.04. The van der Waals surface area contributed by atoms with Crippen LogP contribution in [0.15, 0.2) is 36.4 Å². The van der Waals surface area contributed by atoms with Gasteiger partial charge in [-0.2, -0.15) is 0 Å². The van der Waals surface area contributed by atoms with Crippen LogP contribution >= 0.6 is 0 Å². The van der Waals surface area contributed by atoms with Gasteiger partial charge in [-0.15, -0.1) is 0 Å². The molecule has 0 atom stereocenters. The van der Waals surface area contributed by atoms with Crippen LogP contribution in [-0.4, -0.2) is 41.4 Å². The third-order valence-electron chi connectivity index (χ3n) is 6.90. The van der Waals surface area contributed by atoms with Gasteiger partial charge >= 0.3 is 0 Å². The van der Waals surface area contributed by atoms with Gasteiger partial charge in [0.25, 0.3) is 5.91 Å². The van der Waals surface area contributed by atoms with Gasteiger partial charge in [0.05, 0.1) is 18.1 Å². The van der Waals surface area contributed by atoms with Crippen LogP contribution in [0.3, 0.4) is 0 Å². The Morgan fingerprint density at radius 3 is 2.58 bits per heavy atom. The van der Waals surface area contributed by atoms with Crippen molar-refractivity contribution in [2.24, 2.45) is 11.7 Å². The molecule has 36 heavy (non-hydrogen) atoms. The summed E-state index contributed by atoms with van der Waals surface area (Å²) < 4.78 is 7.04. The highest BCUT2D eigenvalue weighted by Crippen LogP contribution is 2.30. The number of nitrogens with zero attached hydrogens (tertiary/aromatic N) is 3. The Balaban J connectivity index is 1.61. The number of hydrogen-bond donors (Lipinski definition) is 2. The van der Waals surface area contributed by atoms with Gasteiger partial charge < -0.3 is 19.9 Å². The average molecular weight is 492 g/mol. The van der Waals surface area contributed by atoms with Crippen molar-refractivity contribution < 1.29 is 19.1 Å². The second-order valence-corrected chi connectivity index (χ2v) is 9.42. The summed E-state index contributed by atoms with van der Waals surface area (Å²) in [7, 11) is 3.36. The number of carbonyl (C=O) groups excluding carboxylic acids is 3. The molecule has 1 aliphatic carbocycles. The largest absolute Gasteiger partial charge is 0.496 e. The number of nitrogens with two attached hydrogens (primary N) is 1. The van der Waals surface area contributed by atoms with E-state index in [0.717, 1.165) is 29.6 Å². The van der Waals surface area contributed by atoms with Crippen LogP contribution < -0.4 is 20.7 Å². The minimum atomic E-state index is -0.450. The number of imidazole rings is 1. The number of primary amides is 1.